The number of ether oxygens (including phenoxy) is 1. The highest BCUT2D eigenvalue weighted by Crippen LogP contribution is 2.05. The van der Waals surface area contributed by atoms with Crippen molar-refractivity contribution in [1.82, 2.24) is 0 Å². The summed E-state index contributed by atoms with van der Waals surface area (Å²) >= 11 is 9.54. The fourth-order valence-corrected chi connectivity index (χ4v) is 0.557. The summed E-state index contributed by atoms with van der Waals surface area (Å²) in [7, 11) is 1.66. The van der Waals surface area contributed by atoms with Crippen LogP contribution in [0.15, 0.2) is 30.3 Å². The van der Waals surface area contributed by atoms with Crippen LogP contribution in [0.2, 0.25) is 0 Å². The highest BCUT2D eigenvalue weighted by Gasteiger charge is 1.80. The Labute approximate surface area is 115 Å². The monoisotopic (exact) mass is 278 g/mol. The Morgan fingerprint density at radius 2 is 1.56 bits per heavy atom. The minimum Gasteiger partial charge on any atom is -0.497 e. The van der Waals surface area contributed by atoms with Crippen molar-refractivity contribution in [2.24, 2.45) is 0 Å². The molecule has 0 aliphatic carbocycles. The molecule has 1 aromatic carbocycles. The number of rotatable bonds is 3. The number of hydrogen-bond donors (Lipinski definition) is 2. The molecule has 0 saturated heterocycles. The van der Waals surface area contributed by atoms with Crippen LogP contribution in [0.25, 0.3) is 0 Å². The lowest BCUT2D eigenvalue weighted by molar-refractivity contribution is 0.415. The van der Waals surface area contributed by atoms with Gasteiger partial charge in [-0.25, -0.2) is 0 Å². The van der Waals surface area contributed by atoms with Gasteiger partial charge in [0.2, 0.25) is 0 Å². The summed E-state index contributed by atoms with van der Waals surface area (Å²) in [6.07, 6.45) is 2.10. The highest BCUT2D eigenvalue weighted by atomic mass is 32.2. The minimum atomic E-state index is 0.878. The van der Waals surface area contributed by atoms with Gasteiger partial charge in [0, 0.05) is 0 Å². The maximum Gasteiger partial charge on any atom is 0.118 e. The number of methoxy groups -OCH3 is 1. The van der Waals surface area contributed by atoms with Crippen molar-refractivity contribution in [2.75, 3.05) is 30.6 Å². The number of hydrogen-bond acceptors (Lipinski definition) is 4. The van der Waals surface area contributed by atoms with E-state index in [0.29, 0.717) is 0 Å². The normalized spacial score (nSPS) is 8.06. The van der Waals surface area contributed by atoms with Crippen LogP contribution in [0.1, 0.15) is 6.92 Å². The van der Waals surface area contributed by atoms with Gasteiger partial charge in [0.05, 0.1) is 7.11 Å². The minimum absolute atomic E-state index is 0.878. The summed E-state index contributed by atoms with van der Waals surface area (Å²) < 4.78 is 4.91. The lowest BCUT2D eigenvalue weighted by Gasteiger charge is -1.93. The van der Waals surface area contributed by atoms with Gasteiger partial charge in [-0.15, -0.1) is 0 Å². The zero-order valence-corrected chi connectivity index (χ0v) is 12.8. The zero-order chi connectivity index (χ0) is 12.6. The molecule has 0 fully saturated rings. The summed E-state index contributed by atoms with van der Waals surface area (Å²) in [4.78, 5) is 0. The quantitative estimate of drug-likeness (QED) is 0.811. The molecule has 0 unspecified atom stereocenters. The Hall–Kier alpha value is 0.0700. The molecule has 4 heteroatoms. The molecule has 0 saturated carbocycles. The van der Waals surface area contributed by atoms with Crippen LogP contribution >= 0.6 is 37.0 Å². The van der Waals surface area contributed by atoms with Gasteiger partial charge in [-0.1, -0.05) is 25.1 Å². The van der Waals surface area contributed by atoms with Crippen LogP contribution in [-0.2, 0) is 0 Å². The summed E-state index contributed by atoms with van der Waals surface area (Å²) in [5, 5.41) is 0. The van der Waals surface area contributed by atoms with Crippen LogP contribution in [0, 0.1) is 0 Å². The Balaban J connectivity index is 0. The topological polar surface area (TPSA) is 9.23 Å². The van der Waals surface area contributed by atoms with Crippen molar-refractivity contribution < 1.29 is 4.74 Å². The molecule has 0 amide bonds. The van der Waals surface area contributed by atoms with E-state index in [2.05, 4.69) is 38.4 Å². The van der Waals surface area contributed by atoms with Crippen LogP contribution in [-0.4, -0.2) is 30.6 Å². The van der Waals surface area contributed by atoms with Crippen molar-refractivity contribution in [1.29, 1.82) is 0 Å². The van der Waals surface area contributed by atoms with Crippen LogP contribution in [0.3, 0.4) is 0 Å². The van der Waals surface area contributed by atoms with Gasteiger partial charge in [-0.2, -0.15) is 37.0 Å². The van der Waals surface area contributed by atoms with Gasteiger partial charge >= 0.3 is 0 Å². The van der Waals surface area contributed by atoms with Crippen LogP contribution in [0.5, 0.6) is 5.75 Å². The highest BCUT2D eigenvalue weighted by molar-refractivity contribution is 7.98. The van der Waals surface area contributed by atoms with Gasteiger partial charge in [0.25, 0.3) is 0 Å². The Morgan fingerprint density at radius 1 is 1.12 bits per heavy atom. The van der Waals surface area contributed by atoms with E-state index in [0.717, 1.165) is 17.3 Å². The zero-order valence-electron chi connectivity index (χ0n) is 10.2. The predicted octanol–water partition coefficient (Wildman–Crippen LogP) is 3.91. The molecule has 0 aromatic heterocycles. The van der Waals surface area contributed by atoms with E-state index in [9.17, 15) is 0 Å². The van der Waals surface area contributed by atoms with Gasteiger partial charge in [0.15, 0.2) is 0 Å². The Kier molecular flexibility index (Phi) is 20.1. The number of thiol groups is 2. The fraction of sp³-hybridized carbons (Fsp3) is 0.500. The molecule has 16 heavy (non-hydrogen) atoms. The molecule has 0 aliphatic heterocycles. The first-order chi connectivity index (χ1) is 7.76. The first kappa shape index (κ1) is 18.4. The van der Waals surface area contributed by atoms with E-state index in [1.54, 1.807) is 7.11 Å². The SMILES string of the molecule is CCSC.COc1ccccc1.SCCS. The second-order valence-electron chi connectivity index (χ2n) is 2.54. The van der Waals surface area contributed by atoms with Crippen molar-refractivity contribution >= 4 is 37.0 Å². The standard InChI is InChI=1S/C7H8O.C3H8S.C2H6S2/c1-8-7-5-3-2-4-6-7;1-3-4-2;3-1-2-4/h2-6H,1H3;3H2,1-2H3;3-4H,1-2H2. The van der Waals surface area contributed by atoms with Crippen LogP contribution < -0.4 is 4.74 Å². The molecule has 0 bridgehead atoms. The molecule has 0 N–H and O–H groups in total. The lowest BCUT2D eigenvalue weighted by Crippen LogP contribution is -1.78. The molecule has 0 heterocycles. The van der Waals surface area contributed by atoms with Gasteiger partial charge in [0.1, 0.15) is 5.75 Å². The third-order valence-corrected chi connectivity index (χ3v) is 2.74. The van der Waals surface area contributed by atoms with E-state index in [1.807, 2.05) is 42.1 Å². The van der Waals surface area contributed by atoms with Crippen molar-refractivity contribution in [2.45, 2.75) is 6.92 Å². The Morgan fingerprint density at radius 3 is 1.75 bits per heavy atom. The number of benzene rings is 1. The third-order valence-electron chi connectivity index (χ3n) is 1.37. The summed E-state index contributed by atoms with van der Waals surface area (Å²) in [5.74, 6) is 3.90. The van der Waals surface area contributed by atoms with Crippen molar-refractivity contribution in [3.05, 3.63) is 30.3 Å². The third kappa shape index (κ3) is 16.5. The first-order valence-electron chi connectivity index (χ1n) is 5.06. The van der Waals surface area contributed by atoms with Crippen molar-refractivity contribution in [3.8, 4) is 5.75 Å². The molecule has 0 atom stereocenters. The summed E-state index contributed by atoms with van der Waals surface area (Å²) in [6, 6.07) is 9.68. The van der Waals surface area contributed by atoms with E-state index in [-0.39, 0.29) is 0 Å². The van der Waals surface area contributed by atoms with E-state index in [4.69, 9.17) is 4.74 Å². The van der Waals surface area contributed by atoms with Crippen LogP contribution in [0.4, 0.5) is 0 Å². The second kappa shape index (κ2) is 17.5. The van der Waals surface area contributed by atoms with E-state index >= 15 is 0 Å². The molecule has 94 valence electrons. The predicted molar refractivity (Wildman–Crippen MR) is 84.8 cm³/mol. The average molecular weight is 279 g/mol. The van der Waals surface area contributed by atoms with Gasteiger partial charge < -0.3 is 4.74 Å². The molecule has 1 nitrogen and oxygen atoms in total. The largest absolute Gasteiger partial charge is 0.497 e. The van der Waals surface area contributed by atoms with E-state index in [1.165, 1.54) is 5.75 Å². The summed E-state index contributed by atoms with van der Waals surface area (Å²) in [5.41, 5.74) is 0. The summed E-state index contributed by atoms with van der Waals surface area (Å²) in [6.45, 7) is 2.14. The molecular weight excluding hydrogens is 256 g/mol. The number of para-hydroxylation sites is 1. The van der Waals surface area contributed by atoms with E-state index < -0.39 is 0 Å². The fourth-order valence-electron chi connectivity index (χ4n) is 0.557. The molecule has 1 rings (SSSR count). The molecular formula is C12H22OS3. The smallest absolute Gasteiger partial charge is 0.118 e. The second-order valence-corrected chi connectivity index (χ2v) is 4.59. The lowest BCUT2D eigenvalue weighted by atomic mass is 10.3. The Bertz CT molecular complexity index is 197. The average Bonchev–Trinajstić information content (AvgIpc) is 2.40. The maximum atomic E-state index is 4.91. The first-order valence-corrected chi connectivity index (χ1v) is 7.72. The number of thioether (sulfide) groups is 1. The van der Waals surface area contributed by atoms with Gasteiger partial charge in [-0.05, 0) is 35.6 Å². The maximum absolute atomic E-state index is 4.91. The molecule has 0 aliphatic rings. The molecule has 0 radical (unpaired) electrons. The molecule has 0 spiro atoms. The van der Waals surface area contributed by atoms with Crippen molar-refractivity contribution in [3.63, 3.8) is 0 Å². The molecule has 1 aromatic rings. The van der Waals surface area contributed by atoms with Gasteiger partial charge in [-0.3, -0.25) is 0 Å².